The van der Waals surface area contributed by atoms with E-state index in [9.17, 15) is 5.11 Å². The lowest BCUT2D eigenvalue weighted by atomic mass is 10.0. The predicted octanol–water partition coefficient (Wildman–Crippen LogP) is 3.44. The third-order valence-electron chi connectivity index (χ3n) is 3.14. The second-order valence-electron chi connectivity index (χ2n) is 4.52. The lowest BCUT2D eigenvalue weighted by molar-refractivity contribution is 0.174. The molecule has 0 bridgehead atoms. The molecule has 3 heteroatoms. The fraction of sp³-hybridized carbons (Fsp3) is 0.333. The van der Waals surface area contributed by atoms with Gasteiger partial charge in [0.2, 0.25) is 0 Å². The van der Waals surface area contributed by atoms with E-state index < -0.39 is 6.10 Å². The molecule has 1 aromatic carbocycles. The minimum atomic E-state index is -0.420. The van der Waals surface area contributed by atoms with Crippen LogP contribution in [-0.2, 0) is 0 Å². The van der Waals surface area contributed by atoms with Crippen LogP contribution in [0.5, 0.6) is 0 Å². The maximum Gasteiger partial charge on any atom is 0.101 e. The van der Waals surface area contributed by atoms with Crippen molar-refractivity contribution in [1.82, 2.24) is 5.32 Å². The van der Waals surface area contributed by atoms with E-state index >= 15 is 0 Å². The minimum Gasteiger partial charge on any atom is -0.386 e. The van der Waals surface area contributed by atoms with Gasteiger partial charge in [0.05, 0.1) is 0 Å². The molecule has 0 radical (unpaired) electrons. The van der Waals surface area contributed by atoms with Crippen LogP contribution in [0.25, 0.3) is 0 Å². The molecule has 0 saturated carbocycles. The number of aliphatic hydroxyl groups excluding tert-OH is 1. The van der Waals surface area contributed by atoms with Crippen LogP contribution in [0.1, 0.15) is 35.1 Å². The van der Waals surface area contributed by atoms with Crippen molar-refractivity contribution in [3.63, 3.8) is 0 Å². The fourth-order valence-corrected chi connectivity index (χ4v) is 2.76. The highest BCUT2D eigenvalue weighted by Gasteiger charge is 2.12. The SMILES string of the molecule is Cc1ccccc1[C@H](C)NCC(O)c1cccs1. The van der Waals surface area contributed by atoms with Crippen molar-refractivity contribution < 1.29 is 5.11 Å². The molecule has 0 amide bonds. The van der Waals surface area contributed by atoms with Crippen molar-refractivity contribution >= 4 is 11.3 Å². The molecule has 2 nitrogen and oxygen atoms in total. The van der Waals surface area contributed by atoms with Gasteiger partial charge < -0.3 is 10.4 Å². The van der Waals surface area contributed by atoms with Gasteiger partial charge in [-0.15, -0.1) is 11.3 Å². The quantitative estimate of drug-likeness (QED) is 0.864. The summed E-state index contributed by atoms with van der Waals surface area (Å²) in [4.78, 5) is 1.01. The molecule has 0 fully saturated rings. The Labute approximate surface area is 112 Å². The lowest BCUT2D eigenvalue weighted by Gasteiger charge is -2.18. The van der Waals surface area contributed by atoms with Crippen LogP contribution in [0.4, 0.5) is 0 Å². The zero-order valence-corrected chi connectivity index (χ0v) is 11.6. The molecule has 0 aliphatic rings. The number of thiophene rings is 1. The summed E-state index contributed by atoms with van der Waals surface area (Å²) in [6.45, 7) is 4.82. The molecule has 2 rings (SSSR count). The highest BCUT2D eigenvalue weighted by Crippen LogP contribution is 2.20. The molecule has 96 valence electrons. The molecule has 0 saturated heterocycles. The maximum absolute atomic E-state index is 10.0. The van der Waals surface area contributed by atoms with E-state index in [4.69, 9.17) is 0 Å². The Morgan fingerprint density at radius 1 is 1.22 bits per heavy atom. The number of aryl methyl sites for hydroxylation is 1. The largest absolute Gasteiger partial charge is 0.386 e. The number of hydrogen-bond donors (Lipinski definition) is 2. The Balaban J connectivity index is 1.93. The number of nitrogens with one attached hydrogen (secondary N) is 1. The summed E-state index contributed by atoms with van der Waals surface area (Å²) in [7, 11) is 0. The first kappa shape index (κ1) is 13.3. The normalized spacial score (nSPS) is 14.4. The lowest BCUT2D eigenvalue weighted by Crippen LogP contribution is -2.24. The van der Waals surface area contributed by atoms with E-state index in [1.807, 2.05) is 23.6 Å². The Morgan fingerprint density at radius 3 is 2.67 bits per heavy atom. The van der Waals surface area contributed by atoms with Crippen LogP contribution >= 0.6 is 11.3 Å². The van der Waals surface area contributed by atoms with Gasteiger partial charge in [0, 0.05) is 17.5 Å². The van der Waals surface area contributed by atoms with Crippen molar-refractivity contribution in [2.45, 2.75) is 26.0 Å². The zero-order chi connectivity index (χ0) is 13.0. The molecular formula is C15H19NOS. The van der Waals surface area contributed by atoms with E-state index in [2.05, 4.69) is 37.4 Å². The molecule has 2 N–H and O–H groups in total. The van der Waals surface area contributed by atoms with Gasteiger partial charge in [-0.3, -0.25) is 0 Å². The Morgan fingerprint density at radius 2 is 2.00 bits per heavy atom. The predicted molar refractivity (Wildman–Crippen MR) is 76.9 cm³/mol. The molecule has 0 spiro atoms. The van der Waals surface area contributed by atoms with E-state index in [-0.39, 0.29) is 6.04 Å². The van der Waals surface area contributed by atoms with E-state index in [1.54, 1.807) is 11.3 Å². The molecule has 2 aromatic rings. The van der Waals surface area contributed by atoms with Gasteiger partial charge >= 0.3 is 0 Å². The molecule has 0 aliphatic carbocycles. The molecule has 18 heavy (non-hydrogen) atoms. The Hall–Kier alpha value is -1.16. The number of benzene rings is 1. The van der Waals surface area contributed by atoms with Crippen molar-refractivity contribution in [3.8, 4) is 0 Å². The second-order valence-corrected chi connectivity index (χ2v) is 5.50. The molecular weight excluding hydrogens is 242 g/mol. The van der Waals surface area contributed by atoms with Crippen molar-refractivity contribution in [2.75, 3.05) is 6.54 Å². The summed E-state index contributed by atoms with van der Waals surface area (Å²) >= 11 is 1.59. The second kappa shape index (κ2) is 6.14. The summed E-state index contributed by atoms with van der Waals surface area (Å²) in [5.41, 5.74) is 2.57. The maximum atomic E-state index is 10.0. The molecule has 1 heterocycles. The summed E-state index contributed by atoms with van der Waals surface area (Å²) in [5, 5.41) is 15.4. The van der Waals surface area contributed by atoms with Crippen LogP contribution in [0.2, 0.25) is 0 Å². The third-order valence-corrected chi connectivity index (χ3v) is 4.12. The van der Waals surface area contributed by atoms with Gasteiger partial charge in [-0.05, 0) is 36.4 Å². The standard InChI is InChI=1S/C15H19NOS/c1-11-6-3-4-7-13(11)12(2)16-10-14(17)15-8-5-9-18-15/h3-9,12,14,16-17H,10H2,1-2H3/t12-,14?/m0/s1. The van der Waals surface area contributed by atoms with Crippen LogP contribution < -0.4 is 5.32 Å². The zero-order valence-electron chi connectivity index (χ0n) is 10.8. The monoisotopic (exact) mass is 261 g/mol. The number of rotatable bonds is 5. The van der Waals surface area contributed by atoms with Crippen LogP contribution in [0, 0.1) is 6.92 Å². The van der Waals surface area contributed by atoms with Gasteiger partial charge in [0.25, 0.3) is 0 Å². The molecule has 1 unspecified atom stereocenters. The Kier molecular flexibility index (Phi) is 4.53. The van der Waals surface area contributed by atoms with Gasteiger partial charge in [-0.1, -0.05) is 30.3 Å². The number of aliphatic hydroxyl groups is 1. The van der Waals surface area contributed by atoms with E-state index in [0.29, 0.717) is 6.54 Å². The van der Waals surface area contributed by atoms with Crippen molar-refractivity contribution in [2.24, 2.45) is 0 Å². The van der Waals surface area contributed by atoms with Crippen molar-refractivity contribution in [1.29, 1.82) is 0 Å². The molecule has 2 atom stereocenters. The van der Waals surface area contributed by atoms with Gasteiger partial charge in [0.15, 0.2) is 0 Å². The number of hydrogen-bond acceptors (Lipinski definition) is 3. The van der Waals surface area contributed by atoms with Gasteiger partial charge in [-0.2, -0.15) is 0 Å². The fourth-order valence-electron chi connectivity index (χ4n) is 2.05. The molecule has 1 aromatic heterocycles. The first-order valence-electron chi connectivity index (χ1n) is 6.19. The highest BCUT2D eigenvalue weighted by atomic mass is 32.1. The topological polar surface area (TPSA) is 32.3 Å². The average Bonchev–Trinajstić information content (AvgIpc) is 2.90. The van der Waals surface area contributed by atoms with Crippen LogP contribution in [0.15, 0.2) is 41.8 Å². The van der Waals surface area contributed by atoms with Gasteiger partial charge in [-0.25, -0.2) is 0 Å². The summed E-state index contributed by atoms with van der Waals surface area (Å²) < 4.78 is 0. The van der Waals surface area contributed by atoms with E-state index in [0.717, 1.165) is 4.88 Å². The first-order valence-corrected chi connectivity index (χ1v) is 7.07. The van der Waals surface area contributed by atoms with Crippen LogP contribution in [-0.4, -0.2) is 11.7 Å². The minimum absolute atomic E-state index is 0.251. The molecule has 0 aliphatic heterocycles. The highest BCUT2D eigenvalue weighted by molar-refractivity contribution is 7.10. The summed E-state index contributed by atoms with van der Waals surface area (Å²) in [6.07, 6.45) is -0.420. The van der Waals surface area contributed by atoms with E-state index in [1.165, 1.54) is 11.1 Å². The van der Waals surface area contributed by atoms with Crippen molar-refractivity contribution in [3.05, 3.63) is 57.8 Å². The van der Waals surface area contributed by atoms with Gasteiger partial charge in [0.1, 0.15) is 6.10 Å². The first-order chi connectivity index (χ1) is 8.68. The third kappa shape index (κ3) is 3.19. The summed E-state index contributed by atoms with van der Waals surface area (Å²) in [6, 6.07) is 12.5. The van der Waals surface area contributed by atoms with Crippen LogP contribution in [0.3, 0.4) is 0 Å². The summed E-state index contributed by atoms with van der Waals surface area (Å²) in [5.74, 6) is 0. The Bertz CT molecular complexity index is 481. The average molecular weight is 261 g/mol. The smallest absolute Gasteiger partial charge is 0.101 e.